The number of aromatic nitrogens is 2. The first-order chi connectivity index (χ1) is 12.4. The van der Waals surface area contributed by atoms with Gasteiger partial charge in [-0.3, -0.25) is 25.1 Å². The Morgan fingerprint density at radius 1 is 1.31 bits per heavy atom. The molecule has 8 heteroatoms. The van der Waals surface area contributed by atoms with Gasteiger partial charge in [-0.15, -0.1) is 0 Å². The molecule has 0 aliphatic rings. The lowest BCUT2D eigenvalue weighted by Gasteiger charge is -2.08. The zero-order chi connectivity index (χ0) is 19.1. The smallest absolute Gasteiger partial charge is 0.269 e. The molecule has 0 fully saturated rings. The summed E-state index contributed by atoms with van der Waals surface area (Å²) in [4.78, 5) is 24.0. The average molecular weight is 374 g/mol. The molecule has 0 unspecified atom stereocenters. The number of hydrogen-bond donors (Lipinski definition) is 2. The summed E-state index contributed by atoms with van der Waals surface area (Å²) < 4.78 is 1.78. The first kappa shape index (κ1) is 19.5. The maximum atomic E-state index is 12.0. The lowest BCUT2D eigenvalue weighted by Crippen LogP contribution is -2.41. The van der Waals surface area contributed by atoms with Crippen LogP contribution in [0.25, 0.3) is 0 Å². The van der Waals surface area contributed by atoms with Gasteiger partial charge in [-0.25, -0.2) is 0 Å². The van der Waals surface area contributed by atoms with Crippen LogP contribution in [0.4, 0.5) is 0 Å². The van der Waals surface area contributed by atoms with Crippen LogP contribution in [0.15, 0.2) is 24.3 Å². The summed E-state index contributed by atoms with van der Waals surface area (Å²) in [5.41, 5.74) is 7.91. The molecule has 0 saturated carbocycles. The highest BCUT2D eigenvalue weighted by Gasteiger charge is 2.13. The Morgan fingerprint density at radius 3 is 2.77 bits per heavy atom. The van der Waals surface area contributed by atoms with Gasteiger partial charge in [-0.05, 0) is 44.0 Å². The van der Waals surface area contributed by atoms with E-state index in [0.29, 0.717) is 30.0 Å². The largest absolute Gasteiger partial charge is 0.273 e. The monoisotopic (exact) mass is 373 g/mol. The van der Waals surface area contributed by atoms with Crippen LogP contribution in [-0.4, -0.2) is 21.6 Å². The first-order valence-electron chi connectivity index (χ1n) is 8.17. The molecule has 2 aromatic rings. The van der Waals surface area contributed by atoms with E-state index in [1.165, 1.54) is 6.07 Å². The molecule has 2 rings (SSSR count). The molecule has 0 aliphatic carbocycles. The first-order valence-corrected chi connectivity index (χ1v) is 8.54. The van der Waals surface area contributed by atoms with E-state index in [9.17, 15) is 9.59 Å². The molecule has 26 heavy (non-hydrogen) atoms. The van der Waals surface area contributed by atoms with Gasteiger partial charge < -0.3 is 0 Å². The standard InChI is InChI=1S/C18H20ClN5O2/c1-12-16(13(2)24(23-12)10-4-9-20)7-8-17(25)21-22-18(26)14-5-3-6-15(19)11-14/h3,5-6,11H,4,7-8,10H2,1-2H3,(H,21,25)(H,22,26). The third kappa shape index (κ3) is 5.07. The molecule has 1 heterocycles. The van der Waals surface area contributed by atoms with Crippen molar-refractivity contribution < 1.29 is 9.59 Å². The molecule has 2 amide bonds. The van der Waals surface area contributed by atoms with E-state index in [1.807, 2.05) is 13.8 Å². The van der Waals surface area contributed by atoms with Crippen molar-refractivity contribution in [3.63, 3.8) is 0 Å². The highest BCUT2D eigenvalue weighted by Crippen LogP contribution is 2.15. The topological polar surface area (TPSA) is 99.8 Å². The van der Waals surface area contributed by atoms with Gasteiger partial charge in [0, 0.05) is 22.7 Å². The summed E-state index contributed by atoms with van der Waals surface area (Å²) in [6.45, 7) is 4.33. The minimum atomic E-state index is -0.433. The average Bonchev–Trinajstić information content (AvgIpc) is 2.89. The van der Waals surface area contributed by atoms with Crippen LogP contribution >= 0.6 is 11.6 Å². The summed E-state index contributed by atoms with van der Waals surface area (Å²) >= 11 is 5.84. The molecule has 136 valence electrons. The summed E-state index contributed by atoms with van der Waals surface area (Å²) in [5, 5.41) is 13.5. The number of halogens is 1. The van der Waals surface area contributed by atoms with Gasteiger partial charge in [0.15, 0.2) is 0 Å². The van der Waals surface area contributed by atoms with E-state index >= 15 is 0 Å². The number of benzene rings is 1. The molecule has 0 radical (unpaired) electrons. The van der Waals surface area contributed by atoms with Gasteiger partial charge in [0.05, 0.1) is 24.7 Å². The zero-order valence-corrected chi connectivity index (χ0v) is 15.4. The number of hydrogen-bond acceptors (Lipinski definition) is 4. The summed E-state index contributed by atoms with van der Waals surface area (Å²) in [7, 11) is 0. The highest BCUT2D eigenvalue weighted by molar-refractivity contribution is 6.30. The number of hydrazine groups is 1. The maximum Gasteiger partial charge on any atom is 0.269 e. The van der Waals surface area contributed by atoms with Gasteiger partial charge in [0.1, 0.15) is 0 Å². The van der Waals surface area contributed by atoms with Crippen LogP contribution in [-0.2, 0) is 17.8 Å². The van der Waals surface area contributed by atoms with Crippen molar-refractivity contribution in [3.8, 4) is 6.07 Å². The third-order valence-electron chi connectivity index (χ3n) is 3.97. The van der Waals surface area contributed by atoms with E-state index < -0.39 is 5.91 Å². The van der Waals surface area contributed by atoms with Crippen molar-refractivity contribution in [3.05, 3.63) is 51.8 Å². The van der Waals surface area contributed by atoms with Gasteiger partial charge in [-0.2, -0.15) is 10.4 Å². The van der Waals surface area contributed by atoms with E-state index in [4.69, 9.17) is 16.9 Å². The minimum Gasteiger partial charge on any atom is -0.273 e. The lowest BCUT2D eigenvalue weighted by atomic mass is 10.1. The third-order valence-corrected chi connectivity index (χ3v) is 4.21. The fraction of sp³-hybridized carbons (Fsp3) is 0.333. The van der Waals surface area contributed by atoms with E-state index in [1.54, 1.807) is 22.9 Å². The number of nitriles is 1. The van der Waals surface area contributed by atoms with Gasteiger partial charge in [0.2, 0.25) is 5.91 Å². The molecule has 1 aromatic heterocycles. The fourth-order valence-corrected chi connectivity index (χ4v) is 2.79. The Kier molecular flexibility index (Phi) is 6.75. The number of carbonyl (C=O) groups is 2. The number of aryl methyl sites for hydroxylation is 2. The number of rotatable bonds is 6. The lowest BCUT2D eigenvalue weighted by molar-refractivity contribution is -0.121. The van der Waals surface area contributed by atoms with Gasteiger partial charge in [-0.1, -0.05) is 17.7 Å². The Labute approximate surface area is 156 Å². The van der Waals surface area contributed by atoms with Crippen LogP contribution < -0.4 is 10.9 Å². The van der Waals surface area contributed by atoms with Crippen LogP contribution in [0.5, 0.6) is 0 Å². The van der Waals surface area contributed by atoms with E-state index in [0.717, 1.165) is 17.0 Å². The molecule has 7 nitrogen and oxygen atoms in total. The zero-order valence-electron chi connectivity index (χ0n) is 14.7. The molecular weight excluding hydrogens is 354 g/mol. The Hall–Kier alpha value is -2.85. The molecular formula is C18H20ClN5O2. The molecule has 0 atom stereocenters. The molecule has 2 N–H and O–H groups in total. The number of amides is 2. The Bertz CT molecular complexity index is 854. The van der Waals surface area contributed by atoms with Crippen molar-refractivity contribution in [2.75, 3.05) is 0 Å². The van der Waals surface area contributed by atoms with Gasteiger partial charge >= 0.3 is 0 Å². The molecule has 0 aliphatic heterocycles. The second-order valence-corrected chi connectivity index (χ2v) is 6.23. The second-order valence-electron chi connectivity index (χ2n) is 5.79. The molecule has 0 saturated heterocycles. The molecule has 1 aromatic carbocycles. The quantitative estimate of drug-likeness (QED) is 0.759. The summed E-state index contributed by atoms with van der Waals surface area (Å²) in [6, 6.07) is 8.55. The SMILES string of the molecule is Cc1nn(CCC#N)c(C)c1CCC(=O)NNC(=O)c1cccc(Cl)c1. The second kappa shape index (κ2) is 9.02. The van der Waals surface area contributed by atoms with Crippen molar-refractivity contribution in [1.82, 2.24) is 20.6 Å². The molecule has 0 bridgehead atoms. The van der Waals surface area contributed by atoms with E-state index in [2.05, 4.69) is 22.0 Å². The Morgan fingerprint density at radius 2 is 2.08 bits per heavy atom. The van der Waals surface area contributed by atoms with Crippen molar-refractivity contribution in [1.29, 1.82) is 5.26 Å². The normalized spacial score (nSPS) is 10.2. The summed E-state index contributed by atoms with van der Waals surface area (Å²) in [6.07, 6.45) is 1.10. The maximum absolute atomic E-state index is 12.0. The van der Waals surface area contributed by atoms with Crippen molar-refractivity contribution in [2.45, 2.75) is 39.7 Å². The van der Waals surface area contributed by atoms with E-state index in [-0.39, 0.29) is 12.3 Å². The highest BCUT2D eigenvalue weighted by atomic mass is 35.5. The predicted molar refractivity (Wildman–Crippen MR) is 97.3 cm³/mol. The Balaban J connectivity index is 1.86. The van der Waals surface area contributed by atoms with Crippen LogP contribution in [0.1, 0.15) is 40.2 Å². The number of nitrogens with one attached hydrogen (secondary N) is 2. The number of carbonyl (C=O) groups excluding carboxylic acids is 2. The fourth-order valence-electron chi connectivity index (χ4n) is 2.60. The minimum absolute atomic E-state index is 0.210. The molecule has 0 spiro atoms. The van der Waals surface area contributed by atoms with Crippen LogP contribution in [0, 0.1) is 25.2 Å². The number of nitrogens with zero attached hydrogens (tertiary/aromatic N) is 3. The predicted octanol–water partition coefficient (Wildman–Crippen LogP) is 2.46. The van der Waals surface area contributed by atoms with Gasteiger partial charge in [0.25, 0.3) is 5.91 Å². The van der Waals surface area contributed by atoms with Crippen LogP contribution in [0.2, 0.25) is 5.02 Å². The summed E-state index contributed by atoms with van der Waals surface area (Å²) in [5.74, 6) is -0.735. The van der Waals surface area contributed by atoms with Crippen molar-refractivity contribution >= 4 is 23.4 Å². The van der Waals surface area contributed by atoms with Crippen LogP contribution in [0.3, 0.4) is 0 Å². The van der Waals surface area contributed by atoms with Crippen molar-refractivity contribution in [2.24, 2.45) is 0 Å².